The molecule has 2 heterocycles. The van der Waals surface area contributed by atoms with Crippen LogP contribution in [-0.2, 0) is 5.60 Å². The van der Waals surface area contributed by atoms with E-state index in [9.17, 15) is 15.0 Å². The van der Waals surface area contributed by atoms with Gasteiger partial charge in [0.1, 0.15) is 5.69 Å². The highest BCUT2D eigenvalue weighted by Crippen LogP contribution is 2.55. The smallest absolute Gasteiger partial charge is 0.270 e. The van der Waals surface area contributed by atoms with E-state index < -0.39 is 11.2 Å². The van der Waals surface area contributed by atoms with Crippen LogP contribution in [0.5, 0.6) is 0 Å². The maximum absolute atomic E-state index is 13.3. The lowest BCUT2D eigenvalue weighted by Gasteiger charge is -2.58. The second kappa shape index (κ2) is 8.95. The lowest BCUT2D eigenvalue weighted by atomic mass is 9.52. The van der Waals surface area contributed by atoms with E-state index in [4.69, 9.17) is 0 Å². The first-order chi connectivity index (χ1) is 17.6. The molecule has 2 aromatic rings. The van der Waals surface area contributed by atoms with Crippen LogP contribution in [-0.4, -0.2) is 63.4 Å². The largest absolute Gasteiger partial charge is 0.390 e. The van der Waals surface area contributed by atoms with Crippen LogP contribution in [0.1, 0.15) is 68.9 Å². The van der Waals surface area contributed by atoms with Gasteiger partial charge in [0.15, 0.2) is 0 Å². The summed E-state index contributed by atoms with van der Waals surface area (Å²) in [5.74, 6) is 1.81. The summed E-state index contributed by atoms with van der Waals surface area (Å²) in [7, 11) is 0. The number of benzene rings is 1. The number of carbonyl (C=O) groups excluding carboxylic acids is 1. The standard InChI is InChI=1S/C29H39N5O3/c1-18-17-33(23-6-4-22(5-7-23)28(2,3)36)10-11-34(18)27-30-9-8-24(31-27)26(35)32-25-20-12-19-13-21(25)16-29(37,14-19)15-20/h4-9,18-21,25,36-37H,10-17H2,1-3H3,(H,32,35). The van der Waals surface area contributed by atoms with Crippen molar-refractivity contribution in [1.82, 2.24) is 15.3 Å². The van der Waals surface area contributed by atoms with Gasteiger partial charge in [0.2, 0.25) is 5.95 Å². The van der Waals surface area contributed by atoms with Gasteiger partial charge in [0.25, 0.3) is 5.91 Å². The van der Waals surface area contributed by atoms with Gasteiger partial charge in [-0.25, -0.2) is 9.97 Å². The van der Waals surface area contributed by atoms with Gasteiger partial charge in [-0.15, -0.1) is 0 Å². The van der Waals surface area contributed by atoms with Gasteiger partial charge >= 0.3 is 0 Å². The highest BCUT2D eigenvalue weighted by atomic mass is 16.3. The molecule has 1 amide bonds. The average Bonchev–Trinajstić information content (AvgIpc) is 2.85. The van der Waals surface area contributed by atoms with Crippen molar-refractivity contribution in [1.29, 1.82) is 0 Å². The number of carbonyl (C=O) groups is 1. The monoisotopic (exact) mass is 505 g/mol. The Hall–Kier alpha value is -2.71. The predicted molar refractivity (Wildman–Crippen MR) is 142 cm³/mol. The van der Waals surface area contributed by atoms with E-state index in [2.05, 4.69) is 44.1 Å². The van der Waals surface area contributed by atoms with Gasteiger partial charge in [0.05, 0.1) is 11.2 Å². The van der Waals surface area contributed by atoms with E-state index in [0.29, 0.717) is 29.4 Å². The van der Waals surface area contributed by atoms with E-state index >= 15 is 0 Å². The van der Waals surface area contributed by atoms with Gasteiger partial charge in [-0.05, 0) is 94.4 Å². The lowest BCUT2D eigenvalue weighted by Crippen LogP contribution is -2.61. The molecule has 4 bridgehead atoms. The zero-order valence-electron chi connectivity index (χ0n) is 22.1. The third-order valence-corrected chi connectivity index (χ3v) is 9.24. The molecule has 198 valence electrons. The van der Waals surface area contributed by atoms with Crippen molar-refractivity contribution in [2.75, 3.05) is 29.4 Å². The number of nitrogens with zero attached hydrogens (tertiary/aromatic N) is 4. The fourth-order valence-corrected chi connectivity index (χ4v) is 7.62. The minimum absolute atomic E-state index is 0.132. The van der Waals surface area contributed by atoms with Gasteiger partial charge in [-0.2, -0.15) is 0 Å². The number of hydrogen-bond acceptors (Lipinski definition) is 7. The Kier molecular flexibility index (Phi) is 5.95. The number of hydrogen-bond donors (Lipinski definition) is 3. The molecular formula is C29H39N5O3. The Bertz CT molecular complexity index is 1150. The molecule has 0 radical (unpaired) electrons. The third kappa shape index (κ3) is 4.70. The molecule has 8 heteroatoms. The highest BCUT2D eigenvalue weighted by molar-refractivity contribution is 5.92. The molecule has 3 N–H and O–H groups in total. The highest BCUT2D eigenvalue weighted by Gasteiger charge is 2.55. The summed E-state index contributed by atoms with van der Waals surface area (Å²) in [4.78, 5) is 27.0. The number of aromatic nitrogens is 2. The Morgan fingerprint density at radius 2 is 1.78 bits per heavy atom. The number of anilines is 2. The van der Waals surface area contributed by atoms with Crippen molar-refractivity contribution in [3.63, 3.8) is 0 Å². The summed E-state index contributed by atoms with van der Waals surface area (Å²) < 4.78 is 0. The van der Waals surface area contributed by atoms with Gasteiger partial charge in [-0.1, -0.05) is 12.1 Å². The van der Waals surface area contributed by atoms with Crippen LogP contribution in [0.2, 0.25) is 0 Å². The van der Waals surface area contributed by atoms with Crippen LogP contribution in [0, 0.1) is 17.8 Å². The van der Waals surface area contributed by atoms with Crippen molar-refractivity contribution < 1.29 is 15.0 Å². The molecule has 37 heavy (non-hydrogen) atoms. The Labute approximate surface area is 219 Å². The first-order valence-corrected chi connectivity index (χ1v) is 13.8. The summed E-state index contributed by atoms with van der Waals surface area (Å²) in [6, 6.07) is 10.1. The van der Waals surface area contributed by atoms with Crippen LogP contribution in [0.25, 0.3) is 0 Å². The molecule has 3 unspecified atom stereocenters. The zero-order chi connectivity index (χ0) is 25.9. The molecule has 1 aromatic heterocycles. The number of rotatable bonds is 5. The lowest BCUT2D eigenvalue weighted by molar-refractivity contribution is -0.136. The second-order valence-corrected chi connectivity index (χ2v) is 12.5. The van der Waals surface area contributed by atoms with Crippen molar-refractivity contribution in [3.8, 4) is 0 Å². The Balaban J connectivity index is 1.11. The van der Waals surface area contributed by atoms with Crippen LogP contribution in [0.4, 0.5) is 11.6 Å². The normalized spacial score (nSPS) is 33.1. The molecule has 4 saturated carbocycles. The molecule has 5 fully saturated rings. The summed E-state index contributed by atoms with van der Waals surface area (Å²) in [5, 5.41) is 24.4. The SMILES string of the molecule is CC1CN(c2ccc(C(C)(C)O)cc2)CCN1c1nccc(C(=O)NC2C3CC4CC2CC(O)(C4)C3)n1. The molecule has 1 aromatic carbocycles. The summed E-state index contributed by atoms with van der Waals surface area (Å²) in [6.07, 6.45) is 6.46. The fraction of sp³-hybridized carbons (Fsp3) is 0.621. The van der Waals surface area contributed by atoms with Crippen LogP contribution in [0.3, 0.4) is 0 Å². The number of amides is 1. The minimum atomic E-state index is -0.851. The van der Waals surface area contributed by atoms with E-state index in [1.165, 1.54) is 0 Å². The summed E-state index contributed by atoms with van der Waals surface area (Å²) >= 11 is 0. The van der Waals surface area contributed by atoms with Crippen LogP contribution in [0.15, 0.2) is 36.5 Å². The van der Waals surface area contributed by atoms with Crippen LogP contribution < -0.4 is 15.1 Å². The maximum Gasteiger partial charge on any atom is 0.270 e. The predicted octanol–water partition coefficient (Wildman–Crippen LogP) is 3.09. The quantitative estimate of drug-likeness (QED) is 0.574. The molecule has 1 aliphatic heterocycles. The molecule has 4 aliphatic carbocycles. The van der Waals surface area contributed by atoms with Crippen molar-refractivity contribution >= 4 is 17.5 Å². The molecule has 0 spiro atoms. The average molecular weight is 506 g/mol. The number of piperazine rings is 1. The topological polar surface area (TPSA) is 102 Å². The number of nitrogens with one attached hydrogen (secondary N) is 1. The van der Waals surface area contributed by atoms with Crippen LogP contribution >= 0.6 is 0 Å². The van der Waals surface area contributed by atoms with Crippen molar-refractivity contribution in [2.24, 2.45) is 17.8 Å². The molecular weight excluding hydrogens is 466 g/mol. The molecule has 8 nitrogen and oxygen atoms in total. The van der Waals surface area contributed by atoms with Crippen molar-refractivity contribution in [2.45, 2.75) is 76.2 Å². The van der Waals surface area contributed by atoms with Gasteiger partial charge < -0.3 is 25.3 Å². The Morgan fingerprint density at radius 3 is 2.41 bits per heavy atom. The molecule has 7 rings (SSSR count). The van der Waals surface area contributed by atoms with Gasteiger partial charge in [-0.3, -0.25) is 4.79 Å². The molecule has 5 aliphatic rings. The zero-order valence-corrected chi connectivity index (χ0v) is 22.1. The summed E-state index contributed by atoms with van der Waals surface area (Å²) in [5.41, 5.74) is 1.09. The maximum atomic E-state index is 13.3. The first-order valence-electron chi connectivity index (χ1n) is 13.8. The first kappa shape index (κ1) is 24.6. The van der Waals surface area contributed by atoms with E-state index in [-0.39, 0.29) is 18.0 Å². The van der Waals surface area contributed by atoms with E-state index in [1.807, 2.05) is 12.1 Å². The molecule has 1 saturated heterocycles. The van der Waals surface area contributed by atoms with E-state index in [1.54, 1.807) is 26.1 Å². The van der Waals surface area contributed by atoms with Gasteiger partial charge in [0, 0.05) is 43.6 Å². The Morgan fingerprint density at radius 1 is 1.08 bits per heavy atom. The van der Waals surface area contributed by atoms with E-state index in [0.717, 1.165) is 63.0 Å². The minimum Gasteiger partial charge on any atom is -0.390 e. The second-order valence-electron chi connectivity index (χ2n) is 12.5. The van der Waals surface area contributed by atoms with Crippen molar-refractivity contribution in [3.05, 3.63) is 47.8 Å². The summed E-state index contributed by atoms with van der Waals surface area (Å²) in [6.45, 7) is 8.15. The fourth-order valence-electron chi connectivity index (χ4n) is 7.62. The third-order valence-electron chi connectivity index (χ3n) is 9.24. The number of aliphatic hydroxyl groups is 2. The molecule has 3 atom stereocenters.